The number of nitrogens with zero attached hydrogens (tertiary/aromatic N) is 1. The molecular weight excluding hydrogens is 268 g/mol. The summed E-state index contributed by atoms with van der Waals surface area (Å²) in [4.78, 5) is 4.00. The summed E-state index contributed by atoms with van der Waals surface area (Å²) in [6.45, 7) is 2.84. The van der Waals surface area contributed by atoms with Crippen LogP contribution in [0.2, 0.25) is 0 Å². The SMILES string of the molecule is C[C@@H](NCc1ccc(Br)o1)c1ccncc1. The van der Waals surface area contributed by atoms with E-state index in [-0.39, 0.29) is 6.04 Å². The maximum Gasteiger partial charge on any atom is 0.169 e. The average Bonchev–Trinajstić information content (AvgIpc) is 2.73. The molecule has 0 unspecified atom stereocenters. The van der Waals surface area contributed by atoms with E-state index in [9.17, 15) is 0 Å². The molecule has 0 saturated heterocycles. The molecule has 2 rings (SSSR count). The smallest absolute Gasteiger partial charge is 0.169 e. The van der Waals surface area contributed by atoms with E-state index < -0.39 is 0 Å². The van der Waals surface area contributed by atoms with Crippen LogP contribution in [0.15, 0.2) is 45.7 Å². The molecule has 2 aromatic rings. The van der Waals surface area contributed by atoms with Crippen LogP contribution in [-0.2, 0) is 6.54 Å². The van der Waals surface area contributed by atoms with Crippen LogP contribution in [0.5, 0.6) is 0 Å². The molecule has 0 aliphatic rings. The van der Waals surface area contributed by atoms with E-state index in [1.165, 1.54) is 5.56 Å². The number of furan rings is 1. The zero-order chi connectivity index (χ0) is 11.4. The molecule has 1 atom stereocenters. The van der Waals surface area contributed by atoms with Crippen LogP contribution in [0, 0.1) is 0 Å². The molecule has 1 N–H and O–H groups in total. The van der Waals surface area contributed by atoms with E-state index in [2.05, 4.69) is 33.2 Å². The predicted molar refractivity (Wildman–Crippen MR) is 65.9 cm³/mol. The largest absolute Gasteiger partial charge is 0.453 e. The van der Waals surface area contributed by atoms with Crippen molar-refractivity contribution in [3.05, 3.63) is 52.7 Å². The van der Waals surface area contributed by atoms with Gasteiger partial charge in [0.25, 0.3) is 0 Å². The van der Waals surface area contributed by atoms with Crippen molar-refractivity contribution in [1.29, 1.82) is 0 Å². The Morgan fingerprint density at radius 1 is 1.31 bits per heavy atom. The van der Waals surface area contributed by atoms with Crippen molar-refractivity contribution < 1.29 is 4.42 Å². The van der Waals surface area contributed by atoms with E-state index in [0.717, 1.165) is 17.0 Å². The fourth-order valence-electron chi connectivity index (χ4n) is 1.47. The van der Waals surface area contributed by atoms with Crippen LogP contribution in [0.25, 0.3) is 0 Å². The second-order valence-corrected chi connectivity index (χ2v) is 4.37. The fraction of sp³-hybridized carbons (Fsp3) is 0.250. The molecule has 0 fully saturated rings. The number of hydrogen-bond acceptors (Lipinski definition) is 3. The first-order chi connectivity index (χ1) is 7.75. The van der Waals surface area contributed by atoms with Gasteiger partial charge in [-0.15, -0.1) is 0 Å². The number of pyridine rings is 1. The normalized spacial score (nSPS) is 12.6. The molecule has 0 aliphatic heterocycles. The molecule has 0 radical (unpaired) electrons. The van der Waals surface area contributed by atoms with Gasteiger partial charge in [0.2, 0.25) is 0 Å². The Morgan fingerprint density at radius 3 is 2.69 bits per heavy atom. The number of hydrogen-bond donors (Lipinski definition) is 1. The number of rotatable bonds is 4. The van der Waals surface area contributed by atoms with Crippen LogP contribution in [0.3, 0.4) is 0 Å². The van der Waals surface area contributed by atoms with Gasteiger partial charge >= 0.3 is 0 Å². The van der Waals surface area contributed by atoms with Gasteiger partial charge in [-0.05, 0) is 52.7 Å². The Bertz CT molecular complexity index is 441. The van der Waals surface area contributed by atoms with Crippen LogP contribution in [0.4, 0.5) is 0 Å². The molecule has 0 saturated carbocycles. The van der Waals surface area contributed by atoms with Crippen molar-refractivity contribution in [3.63, 3.8) is 0 Å². The summed E-state index contributed by atoms with van der Waals surface area (Å²) < 4.78 is 6.18. The molecule has 0 amide bonds. The minimum Gasteiger partial charge on any atom is -0.453 e. The van der Waals surface area contributed by atoms with Crippen LogP contribution in [0.1, 0.15) is 24.3 Å². The summed E-state index contributed by atoms with van der Waals surface area (Å²) in [6.07, 6.45) is 3.61. The van der Waals surface area contributed by atoms with Crippen molar-refractivity contribution in [2.45, 2.75) is 19.5 Å². The third kappa shape index (κ3) is 2.93. The summed E-state index contributed by atoms with van der Waals surface area (Å²) in [5.74, 6) is 0.924. The van der Waals surface area contributed by atoms with Crippen LogP contribution in [-0.4, -0.2) is 4.98 Å². The molecule has 16 heavy (non-hydrogen) atoms. The molecule has 4 heteroatoms. The van der Waals surface area contributed by atoms with Gasteiger partial charge in [0.15, 0.2) is 4.67 Å². The molecule has 0 spiro atoms. The summed E-state index contributed by atoms with van der Waals surface area (Å²) >= 11 is 3.28. The third-order valence-electron chi connectivity index (χ3n) is 2.42. The van der Waals surface area contributed by atoms with E-state index in [4.69, 9.17) is 4.42 Å². The van der Waals surface area contributed by atoms with Gasteiger partial charge in [-0.1, -0.05) is 0 Å². The lowest BCUT2D eigenvalue weighted by Crippen LogP contribution is -2.17. The van der Waals surface area contributed by atoms with Gasteiger partial charge in [0, 0.05) is 18.4 Å². The molecule has 0 aliphatic carbocycles. The van der Waals surface area contributed by atoms with Crippen molar-refractivity contribution in [1.82, 2.24) is 10.3 Å². The molecular formula is C12H13BrN2O. The third-order valence-corrected chi connectivity index (χ3v) is 2.84. The highest BCUT2D eigenvalue weighted by Gasteiger charge is 2.05. The second kappa shape index (κ2) is 5.27. The van der Waals surface area contributed by atoms with Crippen molar-refractivity contribution in [2.24, 2.45) is 0 Å². The Labute approximate surface area is 103 Å². The minimum absolute atomic E-state index is 0.284. The predicted octanol–water partition coefficient (Wildman–Crippen LogP) is 3.29. The van der Waals surface area contributed by atoms with Gasteiger partial charge in [-0.25, -0.2) is 0 Å². The first kappa shape index (κ1) is 11.4. The van der Waals surface area contributed by atoms with Crippen molar-refractivity contribution in [3.8, 4) is 0 Å². The average molecular weight is 281 g/mol. The molecule has 2 aromatic heterocycles. The Kier molecular flexibility index (Phi) is 3.74. The van der Waals surface area contributed by atoms with E-state index in [1.54, 1.807) is 12.4 Å². The Morgan fingerprint density at radius 2 is 2.06 bits per heavy atom. The number of halogens is 1. The summed E-state index contributed by atoms with van der Waals surface area (Å²) in [5, 5.41) is 3.39. The van der Waals surface area contributed by atoms with Gasteiger partial charge in [-0.3, -0.25) is 4.98 Å². The zero-order valence-corrected chi connectivity index (χ0v) is 10.6. The summed E-state index contributed by atoms with van der Waals surface area (Å²) in [6, 6.07) is 8.16. The van der Waals surface area contributed by atoms with Crippen LogP contribution < -0.4 is 5.32 Å². The lowest BCUT2D eigenvalue weighted by Gasteiger charge is -2.12. The lowest BCUT2D eigenvalue weighted by molar-refractivity contribution is 0.447. The molecule has 0 aromatic carbocycles. The highest BCUT2D eigenvalue weighted by Crippen LogP contribution is 2.16. The first-order valence-corrected chi connectivity index (χ1v) is 5.92. The number of aromatic nitrogens is 1. The van der Waals surface area contributed by atoms with E-state index >= 15 is 0 Å². The maximum atomic E-state index is 5.41. The quantitative estimate of drug-likeness (QED) is 0.934. The van der Waals surface area contributed by atoms with E-state index in [1.807, 2.05) is 24.3 Å². The van der Waals surface area contributed by atoms with Crippen molar-refractivity contribution >= 4 is 15.9 Å². The molecule has 3 nitrogen and oxygen atoms in total. The molecule has 84 valence electrons. The highest BCUT2D eigenvalue weighted by molar-refractivity contribution is 9.10. The lowest BCUT2D eigenvalue weighted by atomic mass is 10.1. The summed E-state index contributed by atoms with van der Waals surface area (Å²) in [5.41, 5.74) is 1.22. The Balaban J connectivity index is 1.91. The topological polar surface area (TPSA) is 38.1 Å². The zero-order valence-electron chi connectivity index (χ0n) is 8.98. The fourth-order valence-corrected chi connectivity index (χ4v) is 1.81. The second-order valence-electron chi connectivity index (χ2n) is 3.59. The van der Waals surface area contributed by atoms with Gasteiger partial charge < -0.3 is 9.73 Å². The van der Waals surface area contributed by atoms with E-state index in [0.29, 0.717) is 0 Å². The highest BCUT2D eigenvalue weighted by atomic mass is 79.9. The molecule has 0 bridgehead atoms. The van der Waals surface area contributed by atoms with Crippen LogP contribution >= 0.6 is 15.9 Å². The molecule has 2 heterocycles. The first-order valence-electron chi connectivity index (χ1n) is 5.13. The summed E-state index contributed by atoms with van der Waals surface area (Å²) in [7, 11) is 0. The minimum atomic E-state index is 0.284. The monoisotopic (exact) mass is 280 g/mol. The van der Waals surface area contributed by atoms with Crippen molar-refractivity contribution in [2.75, 3.05) is 0 Å². The number of nitrogens with one attached hydrogen (secondary N) is 1. The van der Waals surface area contributed by atoms with Gasteiger partial charge in [0.05, 0.1) is 6.54 Å². The Hall–Kier alpha value is -1.13. The van der Waals surface area contributed by atoms with Gasteiger partial charge in [-0.2, -0.15) is 0 Å². The standard InChI is InChI=1S/C12H13BrN2O/c1-9(10-4-6-14-7-5-10)15-8-11-2-3-12(13)16-11/h2-7,9,15H,8H2,1H3/t9-/m1/s1. The maximum absolute atomic E-state index is 5.41. The van der Waals surface area contributed by atoms with Gasteiger partial charge in [0.1, 0.15) is 5.76 Å².